The highest BCUT2D eigenvalue weighted by Crippen LogP contribution is 2.40. The number of ether oxygens (including phenoxy) is 2. The first-order chi connectivity index (χ1) is 18.7. The Hall–Kier alpha value is -2.82. The van der Waals surface area contributed by atoms with Crippen molar-refractivity contribution in [2.45, 2.75) is 64.8 Å². The number of rotatable bonds is 11. The fraction of sp³-hybridized carbons (Fsp3) is 0.429. The second-order valence-electron chi connectivity index (χ2n) is 9.55. The van der Waals surface area contributed by atoms with Crippen LogP contribution in [0.15, 0.2) is 36.0 Å². The standard InChI is InChI=1S/C28H33ClN4O4S2/c1-6-12-33-25(18(5)37-21-13-16(3)9-11-20(21)29)31-32-28(33)38-15-23(34)30-26-24(27(35)36-7-2)19-10-8-17(4)14-22(19)39-26/h6,9,11,13,17-18H,1,7-8,10,12,14-15H2,2-5H3,(H,30,34). The summed E-state index contributed by atoms with van der Waals surface area (Å²) >= 11 is 9.05. The third-order valence-corrected chi connectivity index (χ3v) is 8.84. The van der Waals surface area contributed by atoms with Crippen LogP contribution in [-0.4, -0.2) is 39.0 Å². The van der Waals surface area contributed by atoms with Gasteiger partial charge in [-0.05, 0) is 69.2 Å². The number of thiophene rings is 1. The predicted molar refractivity (Wildman–Crippen MR) is 156 cm³/mol. The summed E-state index contributed by atoms with van der Waals surface area (Å²) < 4.78 is 13.3. The number of nitrogens with zero attached hydrogens (tertiary/aromatic N) is 3. The van der Waals surface area contributed by atoms with Crippen LogP contribution in [-0.2, 0) is 28.9 Å². The molecule has 2 heterocycles. The number of amides is 1. The number of nitrogens with one attached hydrogen (secondary N) is 1. The minimum Gasteiger partial charge on any atom is -0.481 e. The number of thioether (sulfide) groups is 1. The van der Waals surface area contributed by atoms with Gasteiger partial charge in [0.05, 0.1) is 22.9 Å². The number of allylic oxidation sites excluding steroid dienone is 1. The highest BCUT2D eigenvalue weighted by Gasteiger charge is 2.29. The van der Waals surface area contributed by atoms with Crippen molar-refractivity contribution in [1.29, 1.82) is 0 Å². The van der Waals surface area contributed by atoms with E-state index in [1.807, 2.05) is 30.5 Å². The van der Waals surface area contributed by atoms with Crippen molar-refractivity contribution < 1.29 is 19.1 Å². The van der Waals surface area contributed by atoms with E-state index in [4.69, 9.17) is 21.1 Å². The van der Waals surface area contributed by atoms with Crippen LogP contribution in [0.3, 0.4) is 0 Å². The number of halogens is 1. The van der Waals surface area contributed by atoms with Gasteiger partial charge in [0.15, 0.2) is 17.1 Å². The molecule has 1 amide bonds. The lowest BCUT2D eigenvalue weighted by molar-refractivity contribution is -0.113. The second-order valence-corrected chi connectivity index (χ2v) is 12.0. The molecule has 2 atom stereocenters. The van der Waals surface area contributed by atoms with Crippen molar-refractivity contribution in [3.63, 3.8) is 0 Å². The Balaban J connectivity index is 1.48. The number of anilines is 1. The van der Waals surface area contributed by atoms with Gasteiger partial charge in [-0.3, -0.25) is 9.36 Å². The van der Waals surface area contributed by atoms with Crippen LogP contribution in [0.4, 0.5) is 5.00 Å². The minimum absolute atomic E-state index is 0.0927. The van der Waals surface area contributed by atoms with E-state index in [-0.39, 0.29) is 24.2 Å². The third kappa shape index (κ3) is 6.85. The Morgan fingerprint density at radius 3 is 2.92 bits per heavy atom. The monoisotopic (exact) mass is 588 g/mol. The molecule has 1 aliphatic carbocycles. The first-order valence-electron chi connectivity index (χ1n) is 12.9. The molecule has 0 radical (unpaired) electrons. The first kappa shape index (κ1) is 29.2. The topological polar surface area (TPSA) is 95.3 Å². The molecule has 0 fully saturated rings. The maximum Gasteiger partial charge on any atom is 0.341 e. The molecule has 0 saturated carbocycles. The van der Waals surface area contributed by atoms with E-state index in [1.165, 1.54) is 23.1 Å². The highest BCUT2D eigenvalue weighted by atomic mass is 35.5. The largest absolute Gasteiger partial charge is 0.481 e. The van der Waals surface area contributed by atoms with E-state index in [2.05, 4.69) is 29.0 Å². The summed E-state index contributed by atoms with van der Waals surface area (Å²) in [6.07, 6.45) is 4.03. The normalized spacial score (nSPS) is 15.4. The van der Waals surface area contributed by atoms with Crippen LogP contribution in [0.1, 0.15) is 65.5 Å². The quantitative estimate of drug-likeness (QED) is 0.152. The summed E-state index contributed by atoms with van der Waals surface area (Å²) in [7, 11) is 0. The number of carbonyl (C=O) groups is 2. The fourth-order valence-electron chi connectivity index (χ4n) is 4.50. The van der Waals surface area contributed by atoms with Crippen molar-refractivity contribution in [2.24, 2.45) is 5.92 Å². The van der Waals surface area contributed by atoms with Crippen LogP contribution in [0.25, 0.3) is 0 Å². The lowest BCUT2D eigenvalue weighted by Gasteiger charge is -2.18. The summed E-state index contributed by atoms with van der Waals surface area (Å²) in [6.45, 7) is 12.4. The SMILES string of the molecule is C=CCn1c(SCC(=O)Nc2sc3c(c2C(=O)OCC)CCC(C)C3)nnc1C(C)Oc1cc(C)ccc1Cl. The van der Waals surface area contributed by atoms with Crippen molar-refractivity contribution in [3.8, 4) is 5.75 Å². The van der Waals surface area contributed by atoms with Gasteiger partial charge in [0.1, 0.15) is 10.8 Å². The highest BCUT2D eigenvalue weighted by molar-refractivity contribution is 7.99. The zero-order chi connectivity index (χ0) is 28.1. The van der Waals surface area contributed by atoms with Crippen molar-refractivity contribution >= 4 is 51.6 Å². The summed E-state index contributed by atoms with van der Waals surface area (Å²) in [5.74, 6) is 1.18. The molecule has 1 N–H and O–H groups in total. The number of aryl methyl sites for hydroxylation is 1. The Bertz CT molecular complexity index is 1370. The fourth-order valence-corrected chi connectivity index (χ4v) is 6.84. The molecular formula is C28H33ClN4O4S2. The lowest BCUT2D eigenvalue weighted by Crippen LogP contribution is -2.18. The van der Waals surface area contributed by atoms with Crippen LogP contribution in [0, 0.1) is 12.8 Å². The molecule has 2 unspecified atom stereocenters. The molecular weight excluding hydrogens is 556 g/mol. The molecule has 3 aromatic rings. The average molecular weight is 589 g/mol. The Morgan fingerprint density at radius 1 is 1.38 bits per heavy atom. The summed E-state index contributed by atoms with van der Waals surface area (Å²) in [5.41, 5.74) is 2.54. The van der Waals surface area contributed by atoms with Gasteiger partial charge < -0.3 is 14.8 Å². The first-order valence-corrected chi connectivity index (χ1v) is 15.1. The number of aromatic nitrogens is 3. The van der Waals surface area contributed by atoms with Gasteiger partial charge in [0.25, 0.3) is 0 Å². The van der Waals surface area contributed by atoms with Crippen molar-refractivity contribution in [2.75, 3.05) is 17.7 Å². The summed E-state index contributed by atoms with van der Waals surface area (Å²) in [6, 6.07) is 5.59. The van der Waals surface area contributed by atoms with Gasteiger partial charge in [-0.15, -0.1) is 28.1 Å². The zero-order valence-corrected chi connectivity index (χ0v) is 25.0. The van der Waals surface area contributed by atoms with Crippen LogP contribution < -0.4 is 10.1 Å². The third-order valence-electron chi connectivity index (χ3n) is 6.39. The van der Waals surface area contributed by atoms with Crippen molar-refractivity contribution in [1.82, 2.24) is 14.8 Å². The molecule has 0 aliphatic heterocycles. The van der Waals surface area contributed by atoms with Crippen LogP contribution >= 0.6 is 34.7 Å². The molecule has 0 saturated heterocycles. The van der Waals surface area contributed by atoms with Gasteiger partial charge in [-0.2, -0.15) is 0 Å². The van der Waals surface area contributed by atoms with Crippen LogP contribution in [0.2, 0.25) is 5.02 Å². The molecule has 0 bridgehead atoms. The Kier molecular flexibility index (Phi) is 9.74. The molecule has 39 heavy (non-hydrogen) atoms. The molecule has 4 rings (SSSR count). The number of benzene rings is 1. The molecule has 1 aliphatic rings. The van der Waals surface area contributed by atoms with Gasteiger partial charge in [0, 0.05) is 11.4 Å². The maximum absolute atomic E-state index is 13.0. The van der Waals surface area contributed by atoms with Gasteiger partial charge >= 0.3 is 5.97 Å². The maximum atomic E-state index is 13.0. The Labute approximate surface area is 242 Å². The molecule has 1 aromatic carbocycles. The van der Waals surface area contributed by atoms with E-state index < -0.39 is 6.10 Å². The molecule has 0 spiro atoms. The second kappa shape index (κ2) is 13.0. The van der Waals surface area contributed by atoms with Crippen LogP contribution in [0.5, 0.6) is 5.75 Å². The van der Waals surface area contributed by atoms with E-state index in [0.717, 1.165) is 35.3 Å². The lowest BCUT2D eigenvalue weighted by atomic mass is 9.88. The predicted octanol–water partition coefficient (Wildman–Crippen LogP) is 6.66. The molecule has 208 valence electrons. The molecule has 8 nitrogen and oxygen atoms in total. The van der Waals surface area contributed by atoms with Gasteiger partial charge in [-0.25, -0.2) is 4.79 Å². The van der Waals surface area contributed by atoms with E-state index in [1.54, 1.807) is 19.1 Å². The smallest absolute Gasteiger partial charge is 0.341 e. The number of carbonyl (C=O) groups excluding carboxylic acids is 2. The number of hydrogen-bond donors (Lipinski definition) is 1. The summed E-state index contributed by atoms with van der Waals surface area (Å²) in [4.78, 5) is 26.9. The van der Waals surface area contributed by atoms with Crippen molar-refractivity contribution in [3.05, 3.63) is 63.3 Å². The average Bonchev–Trinajstić information content (AvgIpc) is 3.45. The summed E-state index contributed by atoms with van der Waals surface area (Å²) in [5, 5.41) is 13.2. The van der Waals surface area contributed by atoms with Gasteiger partial charge in [0.2, 0.25) is 5.91 Å². The minimum atomic E-state index is -0.438. The number of esters is 1. The van der Waals surface area contributed by atoms with Gasteiger partial charge in [-0.1, -0.05) is 42.4 Å². The molecule has 2 aromatic heterocycles. The number of fused-ring (bicyclic) bond motifs is 1. The van der Waals surface area contributed by atoms with E-state index >= 15 is 0 Å². The number of hydrogen-bond acceptors (Lipinski definition) is 8. The van der Waals surface area contributed by atoms with E-state index in [9.17, 15) is 9.59 Å². The Morgan fingerprint density at radius 2 is 2.18 bits per heavy atom. The van der Waals surface area contributed by atoms with E-state index in [0.29, 0.717) is 44.8 Å². The molecule has 11 heteroatoms. The zero-order valence-electron chi connectivity index (χ0n) is 22.6.